The second-order valence-corrected chi connectivity index (χ2v) is 7.46. The number of aryl methyl sites for hydroxylation is 2. The first-order chi connectivity index (χ1) is 13.6. The van der Waals surface area contributed by atoms with Gasteiger partial charge in [0, 0.05) is 12.4 Å². The number of benzene rings is 2. The van der Waals surface area contributed by atoms with Crippen LogP contribution in [0, 0.1) is 6.92 Å². The van der Waals surface area contributed by atoms with Crippen molar-refractivity contribution in [3.63, 3.8) is 0 Å². The Hall–Kier alpha value is -3.19. The van der Waals surface area contributed by atoms with Crippen LogP contribution in [-0.4, -0.2) is 20.4 Å². The predicted molar refractivity (Wildman–Crippen MR) is 110 cm³/mol. The largest absolute Gasteiger partial charge is 0.486 e. The minimum atomic E-state index is -0.197. The first-order valence-corrected chi connectivity index (χ1v) is 9.81. The molecule has 142 valence electrons. The summed E-state index contributed by atoms with van der Waals surface area (Å²) in [7, 11) is 1.95. The molecule has 0 spiro atoms. The second-order valence-electron chi connectivity index (χ2n) is 6.40. The van der Waals surface area contributed by atoms with Crippen LogP contribution in [0.4, 0.5) is 0 Å². The fraction of sp³-hybridized carbons (Fsp3) is 0.190. The number of thiazole rings is 1. The van der Waals surface area contributed by atoms with Crippen molar-refractivity contribution in [2.45, 2.75) is 20.1 Å². The van der Waals surface area contributed by atoms with E-state index in [1.165, 1.54) is 0 Å². The van der Waals surface area contributed by atoms with Crippen LogP contribution in [0.5, 0.6) is 5.75 Å². The fourth-order valence-corrected chi connectivity index (χ4v) is 3.61. The first-order valence-electron chi connectivity index (χ1n) is 8.93. The molecule has 0 aliphatic rings. The number of hydrogen-bond acceptors (Lipinski definition) is 5. The monoisotopic (exact) mass is 392 g/mol. The van der Waals surface area contributed by atoms with Crippen LogP contribution in [0.1, 0.15) is 26.9 Å². The number of fused-ring (bicyclic) bond motifs is 1. The Morgan fingerprint density at radius 1 is 1.14 bits per heavy atom. The standard InChI is InChI=1S/C21H20N4O2S/c1-14-23-15(13-28-14)12-27-19-10-6-3-7-16(19)21(26)22-11-20-24-17-8-4-5-9-18(17)25(20)2/h3-10,13H,11-12H2,1-2H3,(H,22,26). The Bertz CT molecular complexity index is 1130. The SMILES string of the molecule is Cc1nc(COc2ccccc2C(=O)NCc2nc3ccccc3n2C)cs1. The molecule has 0 saturated heterocycles. The van der Waals surface area contributed by atoms with Gasteiger partial charge in [0.2, 0.25) is 0 Å². The summed E-state index contributed by atoms with van der Waals surface area (Å²) in [6.07, 6.45) is 0. The third-order valence-corrected chi connectivity index (χ3v) is 5.28. The summed E-state index contributed by atoms with van der Waals surface area (Å²) in [5.41, 5.74) is 3.30. The molecule has 0 fully saturated rings. The zero-order valence-corrected chi connectivity index (χ0v) is 16.5. The molecular weight excluding hydrogens is 372 g/mol. The molecule has 0 atom stereocenters. The Labute approximate surface area is 166 Å². The lowest BCUT2D eigenvalue weighted by Gasteiger charge is -2.11. The summed E-state index contributed by atoms with van der Waals surface area (Å²) in [5.74, 6) is 1.14. The van der Waals surface area contributed by atoms with Gasteiger partial charge in [-0.3, -0.25) is 4.79 Å². The van der Waals surface area contributed by atoms with Crippen LogP contribution in [0.15, 0.2) is 53.9 Å². The molecule has 7 heteroatoms. The average Bonchev–Trinajstić information content (AvgIpc) is 3.28. The number of imidazole rings is 1. The highest BCUT2D eigenvalue weighted by atomic mass is 32.1. The summed E-state index contributed by atoms with van der Waals surface area (Å²) in [6.45, 7) is 2.62. The third kappa shape index (κ3) is 3.75. The topological polar surface area (TPSA) is 69.0 Å². The van der Waals surface area contributed by atoms with Crippen LogP contribution >= 0.6 is 11.3 Å². The average molecular weight is 392 g/mol. The highest BCUT2D eigenvalue weighted by Gasteiger charge is 2.14. The van der Waals surface area contributed by atoms with Crippen LogP contribution < -0.4 is 10.1 Å². The number of ether oxygens (including phenoxy) is 1. The molecule has 0 saturated carbocycles. The van der Waals surface area contributed by atoms with Crippen molar-refractivity contribution >= 4 is 28.3 Å². The van der Waals surface area contributed by atoms with Crippen molar-refractivity contribution in [2.24, 2.45) is 7.05 Å². The summed E-state index contributed by atoms with van der Waals surface area (Å²) in [6, 6.07) is 15.1. The van der Waals surface area contributed by atoms with Crippen LogP contribution in [0.25, 0.3) is 11.0 Å². The minimum absolute atomic E-state index is 0.197. The Morgan fingerprint density at radius 2 is 1.93 bits per heavy atom. The molecule has 6 nitrogen and oxygen atoms in total. The molecule has 2 aromatic carbocycles. The summed E-state index contributed by atoms with van der Waals surface area (Å²) in [5, 5.41) is 5.90. The summed E-state index contributed by atoms with van der Waals surface area (Å²) in [4.78, 5) is 21.7. The summed E-state index contributed by atoms with van der Waals surface area (Å²) < 4.78 is 7.83. The van der Waals surface area contributed by atoms with Gasteiger partial charge in [-0.2, -0.15) is 0 Å². The van der Waals surface area contributed by atoms with Crippen molar-refractivity contribution < 1.29 is 9.53 Å². The number of para-hydroxylation sites is 3. The van der Waals surface area contributed by atoms with Gasteiger partial charge in [-0.25, -0.2) is 9.97 Å². The number of nitrogens with one attached hydrogen (secondary N) is 1. The molecule has 0 unspecified atom stereocenters. The van der Waals surface area contributed by atoms with Gasteiger partial charge >= 0.3 is 0 Å². The summed E-state index contributed by atoms with van der Waals surface area (Å²) >= 11 is 1.58. The zero-order chi connectivity index (χ0) is 19.5. The second kappa shape index (κ2) is 7.82. The first kappa shape index (κ1) is 18.2. The van der Waals surface area contributed by atoms with Crippen LogP contribution in [0.2, 0.25) is 0 Å². The van der Waals surface area contributed by atoms with Gasteiger partial charge in [0.25, 0.3) is 5.91 Å². The molecule has 0 aliphatic heterocycles. The van der Waals surface area contributed by atoms with E-state index < -0.39 is 0 Å². The lowest BCUT2D eigenvalue weighted by Crippen LogP contribution is -2.25. The molecular formula is C21H20N4O2S. The van der Waals surface area contributed by atoms with Crippen LogP contribution in [0.3, 0.4) is 0 Å². The molecule has 0 bridgehead atoms. The molecule has 2 aromatic heterocycles. The van der Waals surface area contributed by atoms with Crippen molar-refractivity contribution in [1.29, 1.82) is 0 Å². The van der Waals surface area contributed by atoms with Crippen molar-refractivity contribution in [3.05, 3.63) is 76.0 Å². The number of nitrogens with zero attached hydrogens (tertiary/aromatic N) is 3. The van der Waals surface area contributed by atoms with Crippen LogP contribution in [-0.2, 0) is 20.2 Å². The lowest BCUT2D eigenvalue weighted by molar-refractivity contribution is 0.0945. The van der Waals surface area contributed by atoms with E-state index in [4.69, 9.17) is 4.74 Å². The van der Waals surface area contributed by atoms with Gasteiger partial charge in [-0.15, -0.1) is 11.3 Å². The Morgan fingerprint density at radius 3 is 2.71 bits per heavy atom. The van der Waals surface area contributed by atoms with E-state index in [9.17, 15) is 4.79 Å². The van der Waals surface area contributed by atoms with Gasteiger partial charge in [0.1, 0.15) is 18.2 Å². The number of rotatable bonds is 6. The highest BCUT2D eigenvalue weighted by Crippen LogP contribution is 2.20. The zero-order valence-electron chi connectivity index (χ0n) is 15.7. The molecule has 4 rings (SSSR count). The van der Waals surface area contributed by atoms with E-state index in [1.54, 1.807) is 23.5 Å². The lowest BCUT2D eigenvalue weighted by atomic mass is 10.2. The molecule has 1 amide bonds. The third-order valence-electron chi connectivity index (χ3n) is 4.46. The van der Waals surface area contributed by atoms with Crippen molar-refractivity contribution in [3.8, 4) is 5.75 Å². The number of hydrogen-bond donors (Lipinski definition) is 1. The molecule has 2 heterocycles. The van der Waals surface area contributed by atoms with E-state index in [0.29, 0.717) is 24.5 Å². The van der Waals surface area contributed by atoms with Gasteiger partial charge in [0.05, 0.1) is 33.8 Å². The fourth-order valence-electron chi connectivity index (χ4n) is 3.01. The normalized spacial score (nSPS) is 10.9. The smallest absolute Gasteiger partial charge is 0.255 e. The maximum atomic E-state index is 12.7. The maximum Gasteiger partial charge on any atom is 0.255 e. The Kier molecular flexibility index (Phi) is 5.08. The minimum Gasteiger partial charge on any atom is -0.486 e. The van der Waals surface area contributed by atoms with Gasteiger partial charge in [-0.05, 0) is 31.2 Å². The van der Waals surface area contributed by atoms with E-state index in [0.717, 1.165) is 27.6 Å². The molecule has 0 aliphatic carbocycles. The number of carbonyl (C=O) groups excluding carboxylic acids is 1. The van der Waals surface area contributed by atoms with Gasteiger partial charge in [0.15, 0.2) is 0 Å². The van der Waals surface area contributed by atoms with E-state index >= 15 is 0 Å². The molecule has 28 heavy (non-hydrogen) atoms. The number of aromatic nitrogens is 3. The number of carbonyl (C=O) groups is 1. The Balaban J connectivity index is 1.46. The molecule has 1 N–H and O–H groups in total. The van der Waals surface area contributed by atoms with E-state index in [2.05, 4.69) is 15.3 Å². The quantitative estimate of drug-likeness (QED) is 0.541. The molecule has 0 radical (unpaired) electrons. The highest BCUT2D eigenvalue weighted by molar-refractivity contribution is 7.09. The van der Waals surface area contributed by atoms with E-state index in [1.807, 2.05) is 60.3 Å². The molecule has 4 aromatic rings. The maximum absolute atomic E-state index is 12.7. The van der Waals surface area contributed by atoms with Crippen molar-refractivity contribution in [2.75, 3.05) is 0 Å². The predicted octanol–water partition coefficient (Wildman–Crippen LogP) is 3.85. The number of amides is 1. The van der Waals surface area contributed by atoms with Gasteiger partial charge < -0.3 is 14.6 Å². The van der Waals surface area contributed by atoms with Gasteiger partial charge in [-0.1, -0.05) is 24.3 Å². The van der Waals surface area contributed by atoms with Crippen molar-refractivity contribution in [1.82, 2.24) is 19.9 Å². The van der Waals surface area contributed by atoms with E-state index in [-0.39, 0.29) is 5.91 Å².